The van der Waals surface area contributed by atoms with Crippen molar-refractivity contribution in [1.82, 2.24) is 14.2 Å². The summed E-state index contributed by atoms with van der Waals surface area (Å²) in [5, 5.41) is 11.9. The van der Waals surface area contributed by atoms with Crippen LogP contribution in [0, 0.1) is 0 Å². The van der Waals surface area contributed by atoms with E-state index in [2.05, 4.69) is 17.2 Å². The number of nitrogens with one attached hydrogen (secondary N) is 1. The highest BCUT2D eigenvalue weighted by Crippen LogP contribution is 2.33. The standard InChI is InChI=1S/C22H36N4O6S2/c1-3-13-32-18-11-9-17(10-12-18)26(16-7-5-4-6-8-16)22(29)24-21-23-14-20(33-21)34(30,31)25(2)15-19(27)28/h14,16-18H,3-13,15H2,1-2H3,(H,27,28)(H,23,24,29). The number of thiazole rings is 1. The minimum Gasteiger partial charge on any atom is -0.480 e. The van der Waals surface area contributed by atoms with E-state index >= 15 is 0 Å². The molecule has 0 spiro atoms. The highest BCUT2D eigenvalue weighted by Gasteiger charge is 2.35. The number of anilines is 1. The topological polar surface area (TPSA) is 129 Å². The molecule has 3 rings (SSSR count). The van der Waals surface area contributed by atoms with E-state index in [1.165, 1.54) is 13.5 Å². The predicted molar refractivity (Wildman–Crippen MR) is 130 cm³/mol. The van der Waals surface area contributed by atoms with Crippen LogP contribution in [0.4, 0.5) is 9.93 Å². The first kappa shape index (κ1) is 26.8. The molecule has 2 N–H and O–H groups in total. The van der Waals surface area contributed by atoms with Crippen LogP contribution < -0.4 is 5.32 Å². The number of likely N-dealkylation sites (N-methyl/N-ethyl adjacent to an activating group) is 1. The molecule has 34 heavy (non-hydrogen) atoms. The summed E-state index contributed by atoms with van der Waals surface area (Å²) in [4.78, 5) is 30.4. The maximum absolute atomic E-state index is 13.4. The molecule has 2 aliphatic carbocycles. The molecule has 12 heteroatoms. The van der Waals surface area contributed by atoms with Crippen LogP contribution in [-0.2, 0) is 19.6 Å². The van der Waals surface area contributed by atoms with Gasteiger partial charge in [0.2, 0.25) is 0 Å². The van der Waals surface area contributed by atoms with Gasteiger partial charge in [0.25, 0.3) is 10.0 Å². The van der Waals surface area contributed by atoms with Crippen molar-refractivity contribution in [2.75, 3.05) is 25.5 Å². The molecule has 0 saturated heterocycles. The Kier molecular flexibility index (Phi) is 9.69. The lowest BCUT2D eigenvalue weighted by Gasteiger charge is -2.42. The number of nitrogens with zero attached hydrogens (tertiary/aromatic N) is 3. The number of carbonyl (C=O) groups is 2. The SMILES string of the molecule is CCCOC1CCC(N(C(=O)Nc2ncc(S(=O)(=O)N(C)CC(=O)O)s2)C2CCCCC2)CC1. The Hall–Kier alpha value is -1.76. The smallest absolute Gasteiger partial charge is 0.324 e. The highest BCUT2D eigenvalue weighted by molar-refractivity contribution is 7.91. The highest BCUT2D eigenvalue weighted by atomic mass is 32.2. The molecule has 10 nitrogen and oxygen atoms in total. The molecular formula is C22H36N4O6S2. The van der Waals surface area contributed by atoms with Crippen molar-refractivity contribution >= 4 is 38.5 Å². The number of aromatic nitrogens is 1. The summed E-state index contributed by atoms with van der Waals surface area (Å²) in [6, 6.07) is 0.0354. The Bertz CT molecular complexity index is 924. The fraction of sp³-hybridized carbons (Fsp3) is 0.773. The number of sulfonamides is 1. The van der Waals surface area contributed by atoms with Gasteiger partial charge in [0.15, 0.2) is 9.34 Å². The minimum atomic E-state index is -3.99. The van der Waals surface area contributed by atoms with Crippen LogP contribution in [-0.4, -0.2) is 78.1 Å². The first-order valence-corrected chi connectivity index (χ1v) is 14.3. The van der Waals surface area contributed by atoms with Crippen LogP contribution in [0.5, 0.6) is 0 Å². The van der Waals surface area contributed by atoms with E-state index in [1.54, 1.807) is 0 Å². The third-order valence-corrected chi connectivity index (χ3v) is 9.67. The van der Waals surface area contributed by atoms with Gasteiger partial charge in [0.05, 0.1) is 12.3 Å². The lowest BCUT2D eigenvalue weighted by atomic mass is 9.88. The molecule has 192 valence electrons. The van der Waals surface area contributed by atoms with Gasteiger partial charge >= 0.3 is 12.0 Å². The third-order valence-electron chi connectivity index (χ3n) is 6.52. The van der Waals surface area contributed by atoms with E-state index < -0.39 is 22.5 Å². The van der Waals surface area contributed by atoms with E-state index in [4.69, 9.17) is 9.84 Å². The average molecular weight is 517 g/mol. The Morgan fingerprint density at radius 3 is 2.41 bits per heavy atom. The van der Waals surface area contributed by atoms with E-state index in [1.807, 2.05) is 4.90 Å². The van der Waals surface area contributed by atoms with Gasteiger partial charge in [-0.05, 0) is 44.9 Å². The van der Waals surface area contributed by atoms with Crippen molar-refractivity contribution in [2.45, 2.75) is 93.5 Å². The van der Waals surface area contributed by atoms with Crippen molar-refractivity contribution in [3.63, 3.8) is 0 Å². The summed E-state index contributed by atoms with van der Waals surface area (Å²) in [7, 11) is -2.79. The predicted octanol–water partition coefficient (Wildman–Crippen LogP) is 3.75. The maximum Gasteiger partial charge on any atom is 0.324 e. The van der Waals surface area contributed by atoms with Crippen LogP contribution in [0.15, 0.2) is 10.4 Å². The number of rotatable bonds is 10. The van der Waals surface area contributed by atoms with Crippen LogP contribution in [0.2, 0.25) is 0 Å². The van der Waals surface area contributed by atoms with Crippen LogP contribution in [0.3, 0.4) is 0 Å². The number of carbonyl (C=O) groups excluding carboxylic acids is 1. The molecule has 1 heterocycles. The van der Waals surface area contributed by atoms with Crippen molar-refractivity contribution in [2.24, 2.45) is 0 Å². The second-order valence-electron chi connectivity index (χ2n) is 9.07. The van der Waals surface area contributed by atoms with Crippen molar-refractivity contribution in [3.8, 4) is 0 Å². The normalized spacial score (nSPS) is 22.0. The molecular weight excluding hydrogens is 480 g/mol. The Morgan fingerprint density at radius 1 is 1.15 bits per heavy atom. The number of carboxylic acids is 1. The number of amides is 2. The first-order chi connectivity index (χ1) is 16.2. The number of urea groups is 1. The number of carboxylic acid groups (broad SMARTS) is 1. The lowest BCUT2D eigenvalue weighted by Crippen LogP contribution is -2.51. The first-order valence-electron chi connectivity index (χ1n) is 12.1. The Labute approximate surface area is 205 Å². The molecule has 0 bridgehead atoms. The molecule has 1 aromatic heterocycles. The zero-order valence-corrected chi connectivity index (χ0v) is 21.6. The quantitative estimate of drug-likeness (QED) is 0.484. The van der Waals surface area contributed by atoms with E-state index in [-0.39, 0.29) is 33.6 Å². The van der Waals surface area contributed by atoms with Crippen molar-refractivity contribution in [1.29, 1.82) is 0 Å². The molecule has 2 amide bonds. The number of ether oxygens (including phenoxy) is 1. The van der Waals surface area contributed by atoms with Crippen LogP contribution >= 0.6 is 11.3 Å². The molecule has 1 aromatic rings. The molecule has 0 unspecified atom stereocenters. The molecule has 0 atom stereocenters. The van der Waals surface area contributed by atoms with Crippen molar-refractivity contribution in [3.05, 3.63) is 6.20 Å². The van der Waals surface area contributed by atoms with Crippen molar-refractivity contribution < 1.29 is 27.9 Å². The molecule has 0 aromatic carbocycles. The molecule has 0 aliphatic heterocycles. The molecule has 2 aliphatic rings. The Balaban J connectivity index is 1.70. The van der Waals surface area contributed by atoms with Gasteiger partial charge in [-0.2, -0.15) is 4.31 Å². The van der Waals surface area contributed by atoms with Crippen LogP contribution in [0.25, 0.3) is 0 Å². The lowest BCUT2D eigenvalue weighted by molar-refractivity contribution is -0.137. The minimum absolute atomic E-state index is 0.107. The van der Waals surface area contributed by atoms with Gasteiger partial charge in [0, 0.05) is 25.7 Å². The van der Waals surface area contributed by atoms with Gasteiger partial charge in [-0.25, -0.2) is 18.2 Å². The summed E-state index contributed by atoms with van der Waals surface area (Å²) in [6.07, 6.45) is 11.3. The zero-order valence-electron chi connectivity index (χ0n) is 19.9. The summed E-state index contributed by atoms with van der Waals surface area (Å²) in [5.41, 5.74) is 0. The number of aliphatic carboxylic acids is 1. The zero-order chi connectivity index (χ0) is 24.7. The molecule has 2 saturated carbocycles. The fourth-order valence-electron chi connectivity index (χ4n) is 4.79. The maximum atomic E-state index is 13.4. The monoisotopic (exact) mass is 516 g/mol. The van der Waals surface area contributed by atoms with Gasteiger partial charge in [0.1, 0.15) is 6.54 Å². The molecule has 2 fully saturated rings. The fourth-order valence-corrected chi connectivity index (χ4v) is 7.14. The van der Waals surface area contributed by atoms with Gasteiger partial charge in [-0.3, -0.25) is 10.1 Å². The third kappa shape index (κ3) is 6.89. The Morgan fingerprint density at radius 2 is 1.79 bits per heavy atom. The second-order valence-corrected chi connectivity index (χ2v) is 12.4. The van der Waals surface area contributed by atoms with E-state index in [0.717, 1.165) is 86.2 Å². The second kappa shape index (κ2) is 12.3. The van der Waals surface area contributed by atoms with Gasteiger partial charge in [-0.15, -0.1) is 0 Å². The summed E-state index contributed by atoms with van der Waals surface area (Å²) in [5.74, 6) is -1.25. The van der Waals surface area contributed by atoms with Gasteiger partial charge < -0.3 is 14.7 Å². The summed E-state index contributed by atoms with van der Waals surface area (Å²) in [6.45, 7) is 2.21. The summed E-state index contributed by atoms with van der Waals surface area (Å²) < 4.78 is 31.8. The molecule has 0 radical (unpaired) electrons. The largest absolute Gasteiger partial charge is 0.480 e. The van der Waals surface area contributed by atoms with Crippen LogP contribution in [0.1, 0.15) is 71.1 Å². The number of hydrogen-bond acceptors (Lipinski definition) is 7. The average Bonchev–Trinajstić information content (AvgIpc) is 3.28. The van der Waals surface area contributed by atoms with E-state index in [0.29, 0.717) is 0 Å². The van der Waals surface area contributed by atoms with Gasteiger partial charge in [-0.1, -0.05) is 37.5 Å². The van der Waals surface area contributed by atoms with E-state index in [9.17, 15) is 18.0 Å². The summed E-state index contributed by atoms with van der Waals surface area (Å²) >= 11 is 0.831. The number of hydrogen-bond donors (Lipinski definition) is 2.